The third kappa shape index (κ3) is 5.10. The third-order valence-electron chi connectivity index (χ3n) is 3.96. The Hall–Kier alpha value is -1.77. The number of nitrogens with zero attached hydrogens (tertiary/aromatic N) is 2. The second-order valence-corrected chi connectivity index (χ2v) is 6.57. The Kier molecular flexibility index (Phi) is 6.31. The second-order valence-electron chi connectivity index (χ2n) is 5.71. The minimum Gasteiger partial charge on any atom is -0.492 e. The van der Waals surface area contributed by atoms with Gasteiger partial charge in [0.15, 0.2) is 0 Å². The number of aliphatic carboxylic acids is 1. The van der Waals surface area contributed by atoms with E-state index in [1.165, 1.54) is 19.3 Å². The van der Waals surface area contributed by atoms with Crippen LogP contribution in [-0.4, -0.2) is 33.4 Å². The molecule has 1 saturated carbocycles. The molecule has 0 aliphatic heterocycles. The third-order valence-corrected chi connectivity index (χ3v) is 4.58. The van der Waals surface area contributed by atoms with E-state index in [0.29, 0.717) is 0 Å². The molecule has 0 amide bonds. The van der Waals surface area contributed by atoms with Gasteiger partial charge in [-0.25, -0.2) is 9.78 Å². The number of carbonyl (C=O) groups is 1. The highest BCUT2D eigenvalue weighted by atomic mass is 79.9. The zero-order valence-corrected chi connectivity index (χ0v) is 15.1. The van der Waals surface area contributed by atoms with Crippen molar-refractivity contribution in [2.24, 2.45) is 5.92 Å². The summed E-state index contributed by atoms with van der Waals surface area (Å²) in [6, 6.07) is 4.13. The molecule has 25 heavy (non-hydrogen) atoms. The molecule has 2 aromatic rings. The van der Waals surface area contributed by atoms with Gasteiger partial charge in [-0.15, -0.1) is 0 Å². The van der Waals surface area contributed by atoms with Gasteiger partial charge >= 0.3 is 12.1 Å². The molecule has 9 heteroatoms. The lowest BCUT2D eigenvalue weighted by atomic mass is 9.86. The maximum absolute atomic E-state index is 10.6. The molecule has 0 spiro atoms. The Balaban J connectivity index is 0.000000277. The van der Waals surface area contributed by atoms with Crippen molar-refractivity contribution in [2.45, 2.75) is 38.9 Å². The van der Waals surface area contributed by atoms with Gasteiger partial charge in [-0.1, -0.05) is 6.42 Å². The van der Waals surface area contributed by atoms with E-state index in [1.54, 1.807) is 0 Å². The summed E-state index contributed by atoms with van der Waals surface area (Å²) in [5, 5.41) is 7.12. The molecule has 1 N–H and O–H groups in total. The Labute approximate surface area is 150 Å². The molecule has 0 saturated heterocycles. The predicted octanol–water partition coefficient (Wildman–Crippen LogP) is 4.63. The van der Waals surface area contributed by atoms with Gasteiger partial charge in [-0.2, -0.15) is 13.2 Å². The van der Waals surface area contributed by atoms with Crippen molar-refractivity contribution < 1.29 is 27.8 Å². The quantitative estimate of drug-likeness (QED) is 0.779. The van der Waals surface area contributed by atoms with E-state index in [9.17, 15) is 13.2 Å². The minimum absolute atomic E-state index is 0.753. The zero-order chi connectivity index (χ0) is 18.6. The number of halogens is 4. The molecule has 3 rings (SSSR count). The summed E-state index contributed by atoms with van der Waals surface area (Å²) in [5.41, 5.74) is 2.16. The molecule has 1 heterocycles. The van der Waals surface area contributed by atoms with E-state index >= 15 is 0 Å². The first-order chi connectivity index (χ1) is 11.7. The molecule has 1 aromatic heterocycles. The molecule has 1 fully saturated rings. The molecule has 0 radical (unpaired) electrons. The number of ether oxygens (including phenoxy) is 1. The number of fused-ring (bicyclic) bond motifs is 1. The van der Waals surface area contributed by atoms with Crippen molar-refractivity contribution >= 4 is 32.9 Å². The molecule has 5 nitrogen and oxygen atoms in total. The van der Waals surface area contributed by atoms with Gasteiger partial charge in [0.05, 0.1) is 28.4 Å². The Bertz CT molecular complexity index is 742. The first kappa shape index (κ1) is 19.6. The highest BCUT2D eigenvalue weighted by Crippen LogP contribution is 2.32. The number of hydrogen-bond acceptors (Lipinski definition) is 3. The SMILES string of the molecule is CCn1cnc2cc(Br)c(OCC3CCC3)cc21.O=C(O)C(F)(F)F. The van der Waals surface area contributed by atoms with Gasteiger partial charge in [0.1, 0.15) is 5.75 Å². The van der Waals surface area contributed by atoms with Crippen LogP contribution >= 0.6 is 15.9 Å². The van der Waals surface area contributed by atoms with Gasteiger partial charge in [-0.05, 0) is 47.7 Å². The minimum atomic E-state index is -5.08. The standard InChI is InChI=1S/C14H17BrN2O.C2HF3O2/c1-2-17-9-16-12-6-11(15)14(7-13(12)17)18-8-10-4-3-5-10;3-2(4,5)1(6)7/h6-7,9-10H,2-5,8H2,1H3;(H,6,7). The smallest absolute Gasteiger partial charge is 0.490 e. The Morgan fingerprint density at radius 2 is 2.08 bits per heavy atom. The lowest BCUT2D eigenvalue weighted by Crippen LogP contribution is -2.21. The van der Waals surface area contributed by atoms with Crippen LogP contribution in [0.5, 0.6) is 5.75 Å². The average Bonchev–Trinajstić information content (AvgIpc) is 2.87. The van der Waals surface area contributed by atoms with Crippen molar-refractivity contribution in [3.05, 3.63) is 22.9 Å². The van der Waals surface area contributed by atoms with Crippen molar-refractivity contribution in [3.63, 3.8) is 0 Å². The highest BCUT2D eigenvalue weighted by Gasteiger charge is 2.38. The van der Waals surface area contributed by atoms with Gasteiger partial charge in [-0.3, -0.25) is 0 Å². The van der Waals surface area contributed by atoms with Crippen LogP contribution in [0.25, 0.3) is 11.0 Å². The van der Waals surface area contributed by atoms with Crippen LogP contribution in [0, 0.1) is 5.92 Å². The molecule has 0 unspecified atom stereocenters. The predicted molar refractivity (Wildman–Crippen MR) is 89.6 cm³/mol. The monoisotopic (exact) mass is 422 g/mol. The number of hydrogen-bond donors (Lipinski definition) is 1. The number of benzene rings is 1. The van der Waals surface area contributed by atoms with Crippen molar-refractivity contribution in [3.8, 4) is 5.75 Å². The van der Waals surface area contributed by atoms with Crippen molar-refractivity contribution in [2.75, 3.05) is 6.61 Å². The second kappa shape index (κ2) is 8.07. The number of carboxylic acids is 1. The Morgan fingerprint density at radius 3 is 2.56 bits per heavy atom. The fourth-order valence-electron chi connectivity index (χ4n) is 2.29. The van der Waals surface area contributed by atoms with E-state index < -0.39 is 12.1 Å². The van der Waals surface area contributed by atoms with E-state index in [2.05, 4.69) is 38.5 Å². The molecule has 138 valence electrons. The molecular weight excluding hydrogens is 405 g/mol. The summed E-state index contributed by atoms with van der Waals surface area (Å²) in [5.74, 6) is -1.07. The number of alkyl halides is 3. The normalized spacial score (nSPS) is 14.6. The fourth-order valence-corrected chi connectivity index (χ4v) is 2.74. The summed E-state index contributed by atoms with van der Waals surface area (Å²) in [4.78, 5) is 13.3. The maximum atomic E-state index is 10.6. The lowest BCUT2D eigenvalue weighted by Gasteiger charge is -2.25. The lowest BCUT2D eigenvalue weighted by molar-refractivity contribution is -0.192. The zero-order valence-electron chi connectivity index (χ0n) is 13.5. The highest BCUT2D eigenvalue weighted by molar-refractivity contribution is 9.10. The topological polar surface area (TPSA) is 64.4 Å². The van der Waals surface area contributed by atoms with Crippen LogP contribution in [0.2, 0.25) is 0 Å². The molecule has 1 aliphatic rings. The molecule has 1 aliphatic carbocycles. The summed E-state index contributed by atoms with van der Waals surface area (Å²) < 4.78 is 40.8. The van der Waals surface area contributed by atoms with Gasteiger partial charge in [0.2, 0.25) is 0 Å². The van der Waals surface area contributed by atoms with E-state index in [0.717, 1.165) is 40.3 Å². The number of aromatic nitrogens is 2. The Morgan fingerprint density at radius 1 is 1.44 bits per heavy atom. The van der Waals surface area contributed by atoms with E-state index in [-0.39, 0.29) is 0 Å². The molecule has 0 atom stereocenters. The van der Waals surface area contributed by atoms with Crippen LogP contribution in [0.15, 0.2) is 22.9 Å². The van der Waals surface area contributed by atoms with Crippen LogP contribution in [0.3, 0.4) is 0 Å². The van der Waals surface area contributed by atoms with Gasteiger partial charge in [0.25, 0.3) is 0 Å². The van der Waals surface area contributed by atoms with Crippen LogP contribution in [0.1, 0.15) is 26.2 Å². The number of aryl methyl sites for hydroxylation is 1. The largest absolute Gasteiger partial charge is 0.492 e. The first-order valence-electron chi connectivity index (χ1n) is 7.79. The molecule has 1 aromatic carbocycles. The fraction of sp³-hybridized carbons (Fsp3) is 0.500. The van der Waals surface area contributed by atoms with Gasteiger partial charge < -0.3 is 14.4 Å². The summed E-state index contributed by atoms with van der Waals surface area (Å²) in [6.45, 7) is 3.89. The van der Waals surface area contributed by atoms with Gasteiger partial charge in [0, 0.05) is 12.6 Å². The van der Waals surface area contributed by atoms with E-state index in [1.807, 2.05) is 12.4 Å². The van der Waals surface area contributed by atoms with Crippen LogP contribution in [-0.2, 0) is 11.3 Å². The number of rotatable bonds is 4. The van der Waals surface area contributed by atoms with Crippen LogP contribution in [0.4, 0.5) is 13.2 Å². The number of carboxylic acid groups (broad SMARTS) is 1. The van der Waals surface area contributed by atoms with Crippen molar-refractivity contribution in [1.29, 1.82) is 0 Å². The van der Waals surface area contributed by atoms with Crippen molar-refractivity contribution in [1.82, 2.24) is 9.55 Å². The molecular formula is C16H18BrF3N2O3. The summed E-state index contributed by atoms with van der Waals surface area (Å²) in [6.07, 6.45) is 0.781. The average molecular weight is 423 g/mol. The summed E-state index contributed by atoms with van der Waals surface area (Å²) >= 11 is 3.56. The van der Waals surface area contributed by atoms with E-state index in [4.69, 9.17) is 14.6 Å². The maximum Gasteiger partial charge on any atom is 0.490 e. The molecule has 0 bridgehead atoms. The number of imidazole rings is 1. The first-order valence-corrected chi connectivity index (χ1v) is 8.59. The summed E-state index contributed by atoms with van der Waals surface area (Å²) in [7, 11) is 0. The van der Waals surface area contributed by atoms with Crippen LogP contribution < -0.4 is 4.74 Å².